The molecule has 6 heteroatoms. The van der Waals surface area contributed by atoms with Gasteiger partial charge in [0.1, 0.15) is 0 Å². The summed E-state index contributed by atoms with van der Waals surface area (Å²) in [7, 11) is 1.34. The molecule has 34 heavy (non-hydrogen) atoms. The Morgan fingerprint density at radius 2 is 1.56 bits per heavy atom. The van der Waals surface area contributed by atoms with Gasteiger partial charge < -0.3 is 10.1 Å². The first kappa shape index (κ1) is 22.6. The number of methoxy groups -OCH3 is 1. The van der Waals surface area contributed by atoms with Crippen molar-refractivity contribution in [3.05, 3.63) is 113 Å². The van der Waals surface area contributed by atoms with Gasteiger partial charge in [0, 0.05) is 16.8 Å². The van der Waals surface area contributed by atoms with Crippen LogP contribution in [0.1, 0.15) is 43.2 Å². The van der Waals surface area contributed by atoms with Crippen LogP contribution in [0, 0.1) is 25.7 Å². The number of carbonyl (C=O) groups is 2. The highest BCUT2D eigenvalue weighted by Crippen LogP contribution is 2.20. The summed E-state index contributed by atoms with van der Waals surface area (Å²) in [6.45, 7) is 3.71. The number of benzene rings is 3. The van der Waals surface area contributed by atoms with E-state index in [-0.39, 0.29) is 5.91 Å². The van der Waals surface area contributed by atoms with Crippen LogP contribution in [0.25, 0.3) is 5.69 Å². The molecule has 3 aromatic carbocycles. The van der Waals surface area contributed by atoms with Crippen molar-refractivity contribution in [3.8, 4) is 17.5 Å². The highest BCUT2D eigenvalue weighted by Gasteiger charge is 2.19. The van der Waals surface area contributed by atoms with Crippen molar-refractivity contribution in [2.24, 2.45) is 0 Å². The van der Waals surface area contributed by atoms with Gasteiger partial charge in [-0.15, -0.1) is 0 Å². The Kier molecular flexibility index (Phi) is 6.56. The molecule has 168 valence electrons. The molecule has 0 bridgehead atoms. The largest absolute Gasteiger partial charge is 0.465 e. The molecule has 6 nitrogen and oxygen atoms in total. The third-order valence-electron chi connectivity index (χ3n) is 5.27. The van der Waals surface area contributed by atoms with Crippen molar-refractivity contribution in [1.82, 2.24) is 9.78 Å². The van der Waals surface area contributed by atoms with E-state index in [1.807, 2.05) is 68.4 Å². The normalized spacial score (nSPS) is 10.2. The quantitative estimate of drug-likeness (QED) is 0.354. The number of aryl methyl sites for hydroxylation is 1. The van der Waals surface area contributed by atoms with Crippen LogP contribution in [0.5, 0.6) is 0 Å². The Bertz CT molecular complexity index is 1430. The zero-order valence-corrected chi connectivity index (χ0v) is 19.1. The molecule has 0 spiro atoms. The summed E-state index contributed by atoms with van der Waals surface area (Å²) in [6.07, 6.45) is 0. The van der Waals surface area contributed by atoms with Gasteiger partial charge in [-0.3, -0.25) is 4.79 Å². The molecule has 0 saturated heterocycles. The lowest BCUT2D eigenvalue weighted by molar-refractivity contribution is 0.0600. The van der Waals surface area contributed by atoms with E-state index in [0.717, 1.165) is 16.9 Å². The molecule has 4 aromatic rings. The minimum Gasteiger partial charge on any atom is -0.465 e. The second kappa shape index (κ2) is 9.88. The van der Waals surface area contributed by atoms with Gasteiger partial charge in [-0.1, -0.05) is 42.2 Å². The van der Waals surface area contributed by atoms with Crippen LogP contribution in [0.3, 0.4) is 0 Å². The van der Waals surface area contributed by atoms with Gasteiger partial charge >= 0.3 is 5.97 Å². The molecule has 0 aliphatic heterocycles. The summed E-state index contributed by atoms with van der Waals surface area (Å²) >= 11 is 0. The lowest BCUT2D eigenvalue weighted by Gasteiger charge is -2.07. The number of para-hydroxylation sites is 1. The Morgan fingerprint density at radius 3 is 2.26 bits per heavy atom. The number of aromatic nitrogens is 2. The van der Waals surface area contributed by atoms with E-state index in [0.29, 0.717) is 28.1 Å². The van der Waals surface area contributed by atoms with E-state index in [1.165, 1.54) is 7.11 Å². The summed E-state index contributed by atoms with van der Waals surface area (Å²) in [5.41, 5.74) is 5.36. The van der Waals surface area contributed by atoms with Crippen LogP contribution >= 0.6 is 0 Å². The van der Waals surface area contributed by atoms with Gasteiger partial charge in [0.05, 0.1) is 35.3 Å². The number of hydrogen-bond acceptors (Lipinski definition) is 4. The van der Waals surface area contributed by atoms with E-state index in [9.17, 15) is 9.59 Å². The molecule has 1 amide bonds. The number of hydrogen-bond donors (Lipinski definition) is 1. The first-order valence-corrected chi connectivity index (χ1v) is 10.7. The second-order valence-corrected chi connectivity index (χ2v) is 7.65. The number of rotatable bonds is 4. The number of amides is 1. The zero-order chi connectivity index (χ0) is 24.1. The van der Waals surface area contributed by atoms with Gasteiger partial charge in [-0.2, -0.15) is 5.10 Å². The molecule has 0 atom stereocenters. The number of nitrogens with one attached hydrogen (secondary N) is 1. The van der Waals surface area contributed by atoms with Crippen molar-refractivity contribution >= 4 is 17.6 Å². The van der Waals surface area contributed by atoms with Crippen LogP contribution in [0.2, 0.25) is 0 Å². The fourth-order valence-electron chi connectivity index (χ4n) is 3.65. The average molecular weight is 450 g/mol. The van der Waals surface area contributed by atoms with Crippen molar-refractivity contribution in [2.75, 3.05) is 12.4 Å². The maximum absolute atomic E-state index is 13.1. The van der Waals surface area contributed by atoms with Crippen molar-refractivity contribution in [3.63, 3.8) is 0 Å². The SMILES string of the molecule is COC(=O)c1cccc(C#Cc2cccc(NC(=O)c3c(C)nn(-c4ccccc4)c3C)c2)c1. The molecule has 0 radical (unpaired) electrons. The molecule has 0 fully saturated rings. The van der Waals surface area contributed by atoms with E-state index < -0.39 is 5.97 Å². The Morgan fingerprint density at radius 1 is 0.882 bits per heavy atom. The first-order chi connectivity index (χ1) is 16.5. The zero-order valence-electron chi connectivity index (χ0n) is 19.1. The van der Waals surface area contributed by atoms with Gasteiger partial charge in [0.25, 0.3) is 5.91 Å². The number of esters is 1. The highest BCUT2D eigenvalue weighted by atomic mass is 16.5. The standard InChI is InChI=1S/C28H23N3O3/c1-19-26(20(2)31(30-19)25-13-5-4-6-14-25)27(32)29-24-12-8-10-22(18-24)16-15-21-9-7-11-23(17-21)28(33)34-3/h4-14,17-18H,1-3H3,(H,29,32). The topological polar surface area (TPSA) is 73.2 Å². The van der Waals surface area contributed by atoms with Gasteiger partial charge in [-0.25, -0.2) is 9.48 Å². The van der Waals surface area contributed by atoms with Crippen molar-refractivity contribution in [1.29, 1.82) is 0 Å². The number of carbonyl (C=O) groups excluding carboxylic acids is 2. The van der Waals surface area contributed by atoms with Gasteiger partial charge in [0.15, 0.2) is 0 Å². The van der Waals surface area contributed by atoms with E-state index in [2.05, 4.69) is 22.3 Å². The van der Waals surface area contributed by atoms with E-state index >= 15 is 0 Å². The second-order valence-electron chi connectivity index (χ2n) is 7.65. The molecule has 1 aromatic heterocycles. The summed E-state index contributed by atoms with van der Waals surface area (Å²) in [5.74, 6) is 5.49. The van der Waals surface area contributed by atoms with E-state index in [1.54, 1.807) is 28.9 Å². The maximum atomic E-state index is 13.1. The minimum absolute atomic E-state index is 0.229. The molecule has 1 heterocycles. The van der Waals surface area contributed by atoms with Crippen LogP contribution in [0.4, 0.5) is 5.69 Å². The van der Waals surface area contributed by atoms with E-state index in [4.69, 9.17) is 4.74 Å². The Labute approximate surface area is 198 Å². The summed E-state index contributed by atoms with van der Waals surface area (Å²) in [6, 6.07) is 23.9. The summed E-state index contributed by atoms with van der Waals surface area (Å²) < 4.78 is 6.53. The fourth-order valence-corrected chi connectivity index (χ4v) is 3.65. The van der Waals surface area contributed by atoms with Crippen LogP contribution < -0.4 is 5.32 Å². The minimum atomic E-state index is -0.408. The third kappa shape index (κ3) is 4.89. The first-order valence-electron chi connectivity index (χ1n) is 10.7. The fraction of sp³-hybridized carbons (Fsp3) is 0.107. The number of ether oxygens (including phenoxy) is 1. The van der Waals surface area contributed by atoms with Crippen LogP contribution in [0.15, 0.2) is 78.9 Å². The highest BCUT2D eigenvalue weighted by molar-refractivity contribution is 6.06. The molecule has 0 aliphatic carbocycles. The molecular formula is C28H23N3O3. The van der Waals surface area contributed by atoms with Crippen LogP contribution in [-0.4, -0.2) is 28.8 Å². The molecule has 0 aliphatic rings. The molecule has 0 saturated carbocycles. The monoisotopic (exact) mass is 449 g/mol. The van der Waals surface area contributed by atoms with Crippen molar-refractivity contribution < 1.29 is 14.3 Å². The summed E-state index contributed by atoms with van der Waals surface area (Å²) in [5, 5.41) is 7.50. The van der Waals surface area contributed by atoms with Crippen molar-refractivity contribution in [2.45, 2.75) is 13.8 Å². The average Bonchev–Trinajstić information content (AvgIpc) is 3.17. The number of anilines is 1. The lowest BCUT2D eigenvalue weighted by atomic mass is 10.1. The predicted octanol–water partition coefficient (Wildman–Crippen LogP) is 4.93. The predicted molar refractivity (Wildman–Crippen MR) is 131 cm³/mol. The van der Waals surface area contributed by atoms with Crippen LogP contribution in [-0.2, 0) is 4.74 Å². The van der Waals surface area contributed by atoms with Gasteiger partial charge in [-0.05, 0) is 62.4 Å². The molecule has 4 rings (SSSR count). The lowest BCUT2D eigenvalue weighted by Crippen LogP contribution is -2.14. The smallest absolute Gasteiger partial charge is 0.337 e. The van der Waals surface area contributed by atoms with Gasteiger partial charge in [0.2, 0.25) is 0 Å². The Balaban J connectivity index is 1.54. The molecule has 1 N–H and O–H groups in total. The number of nitrogens with zero attached hydrogens (tertiary/aromatic N) is 2. The Hall–Kier alpha value is -4.63. The summed E-state index contributed by atoms with van der Waals surface area (Å²) in [4.78, 5) is 24.8. The maximum Gasteiger partial charge on any atom is 0.337 e. The third-order valence-corrected chi connectivity index (χ3v) is 5.27. The molecular weight excluding hydrogens is 426 g/mol. The molecule has 0 unspecified atom stereocenters.